The molecule has 1 aromatic heterocycles. The summed E-state index contributed by atoms with van der Waals surface area (Å²) in [5.41, 5.74) is 1.26. The monoisotopic (exact) mass is 253 g/mol. The summed E-state index contributed by atoms with van der Waals surface area (Å²) in [4.78, 5) is 8.53. The molecule has 0 aliphatic carbocycles. The Morgan fingerprint density at radius 3 is 2.88 bits per heavy atom. The van der Waals surface area contributed by atoms with Crippen LogP contribution in [0, 0.1) is 0 Å². The molecule has 0 radical (unpaired) electrons. The Labute approximate surface area is 106 Å². The quantitative estimate of drug-likeness (QED) is 0.824. The molecule has 4 nitrogen and oxygen atoms in total. The van der Waals surface area contributed by atoms with Crippen molar-refractivity contribution in [2.24, 2.45) is 0 Å². The molecule has 17 heavy (non-hydrogen) atoms. The zero-order chi connectivity index (χ0) is 11.8. The highest BCUT2D eigenvalue weighted by Crippen LogP contribution is 2.37. The SMILES string of the molecule is CC1Cc2nc(N3CCNCC3)sc2C(C)O1. The van der Waals surface area contributed by atoms with Crippen LogP contribution in [0.1, 0.15) is 30.5 Å². The maximum Gasteiger partial charge on any atom is 0.185 e. The summed E-state index contributed by atoms with van der Waals surface area (Å²) < 4.78 is 5.85. The Morgan fingerprint density at radius 1 is 1.35 bits per heavy atom. The van der Waals surface area contributed by atoms with Crippen LogP contribution in [0.4, 0.5) is 5.13 Å². The van der Waals surface area contributed by atoms with Crippen LogP contribution in [-0.2, 0) is 11.2 Å². The first-order valence-electron chi connectivity index (χ1n) is 6.35. The lowest BCUT2D eigenvalue weighted by Gasteiger charge is -2.26. The predicted octanol–water partition coefficient (Wildman–Crippen LogP) is 1.57. The van der Waals surface area contributed by atoms with E-state index in [1.54, 1.807) is 0 Å². The third-order valence-electron chi connectivity index (χ3n) is 3.39. The molecule has 0 spiro atoms. The molecule has 2 atom stereocenters. The number of hydrogen-bond acceptors (Lipinski definition) is 5. The number of thiazole rings is 1. The Kier molecular flexibility index (Phi) is 3.06. The van der Waals surface area contributed by atoms with E-state index in [4.69, 9.17) is 9.72 Å². The minimum atomic E-state index is 0.211. The number of ether oxygens (including phenoxy) is 1. The first-order chi connectivity index (χ1) is 8.24. The molecule has 1 N–H and O–H groups in total. The molecular weight excluding hydrogens is 234 g/mol. The third-order valence-corrected chi connectivity index (χ3v) is 4.71. The summed E-state index contributed by atoms with van der Waals surface area (Å²) in [5.74, 6) is 0. The van der Waals surface area contributed by atoms with E-state index in [0.717, 1.165) is 32.6 Å². The number of nitrogens with zero attached hydrogens (tertiary/aromatic N) is 2. The van der Waals surface area contributed by atoms with Gasteiger partial charge in [-0.25, -0.2) is 4.98 Å². The summed E-state index contributed by atoms with van der Waals surface area (Å²) in [7, 11) is 0. The van der Waals surface area contributed by atoms with Gasteiger partial charge in [0.15, 0.2) is 5.13 Å². The maximum atomic E-state index is 5.85. The highest BCUT2D eigenvalue weighted by atomic mass is 32.1. The Bertz CT molecular complexity index is 400. The highest BCUT2D eigenvalue weighted by Gasteiger charge is 2.27. The first kappa shape index (κ1) is 11.4. The normalized spacial score (nSPS) is 29.2. The topological polar surface area (TPSA) is 37.4 Å². The molecule has 1 aromatic rings. The lowest BCUT2D eigenvalue weighted by Crippen LogP contribution is -2.43. The Morgan fingerprint density at radius 2 is 2.12 bits per heavy atom. The van der Waals surface area contributed by atoms with Crippen LogP contribution >= 0.6 is 11.3 Å². The minimum absolute atomic E-state index is 0.211. The summed E-state index contributed by atoms with van der Waals surface area (Å²) in [6.45, 7) is 8.52. The Balaban J connectivity index is 1.85. The van der Waals surface area contributed by atoms with Crippen LogP contribution in [0.5, 0.6) is 0 Å². The maximum absolute atomic E-state index is 5.85. The molecule has 3 heterocycles. The van der Waals surface area contributed by atoms with Gasteiger partial charge in [0.05, 0.1) is 22.8 Å². The van der Waals surface area contributed by atoms with E-state index in [1.165, 1.54) is 15.7 Å². The van der Waals surface area contributed by atoms with Crippen molar-refractivity contribution >= 4 is 16.5 Å². The van der Waals surface area contributed by atoms with Crippen molar-refractivity contribution in [2.45, 2.75) is 32.5 Å². The number of aromatic nitrogens is 1. The third kappa shape index (κ3) is 2.19. The van der Waals surface area contributed by atoms with Crippen molar-refractivity contribution in [3.63, 3.8) is 0 Å². The summed E-state index contributed by atoms with van der Waals surface area (Å²) in [6, 6.07) is 0. The first-order valence-corrected chi connectivity index (χ1v) is 7.16. The van der Waals surface area contributed by atoms with E-state index in [-0.39, 0.29) is 6.10 Å². The molecule has 2 aliphatic rings. The highest BCUT2D eigenvalue weighted by molar-refractivity contribution is 7.15. The van der Waals surface area contributed by atoms with E-state index in [9.17, 15) is 0 Å². The van der Waals surface area contributed by atoms with Gasteiger partial charge in [-0.1, -0.05) is 11.3 Å². The largest absolute Gasteiger partial charge is 0.370 e. The van der Waals surface area contributed by atoms with Gasteiger partial charge in [-0.3, -0.25) is 0 Å². The van der Waals surface area contributed by atoms with E-state index in [1.807, 2.05) is 11.3 Å². The van der Waals surface area contributed by atoms with Gasteiger partial charge >= 0.3 is 0 Å². The second-order valence-corrected chi connectivity index (χ2v) is 5.85. The van der Waals surface area contributed by atoms with Crippen molar-refractivity contribution < 1.29 is 4.74 Å². The van der Waals surface area contributed by atoms with Crippen LogP contribution in [0.15, 0.2) is 0 Å². The number of anilines is 1. The molecule has 94 valence electrons. The summed E-state index contributed by atoms with van der Waals surface area (Å²) in [6.07, 6.45) is 1.47. The molecule has 1 fully saturated rings. The molecule has 3 rings (SSSR count). The molecular formula is C12H19N3OS. The summed E-state index contributed by atoms with van der Waals surface area (Å²) in [5, 5.41) is 4.55. The predicted molar refractivity (Wildman–Crippen MR) is 69.9 cm³/mol. The van der Waals surface area contributed by atoms with Gasteiger partial charge in [0.25, 0.3) is 0 Å². The average molecular weight is 253 g/mol. The zero-order valence-corrected chi connectivity index (χ0v) is 11.2. The van der Waals surface area contributed by atoms with E-state index in [2.05, 4.69) is 24.1 Å². The molecule has 5 heteroatoms. The average Bonchev–Trinajstić information content (AvgIpc) is 2.74. The van der Waals surface area contributed by atoms with Gasteiger partial charge < -0.3 is 15.0 Å². The van der Waals surface area contributed by atoms with Gasteiger partial charge in [-0.15, -0.1) is 0 Å². The molecule has 0 saturated carbocycles. The zero-order valence-electron chi connectivity index (χ0n) is 10.4. The minimum Gasteiger partial charge on any atom is -0.370 e. The number of rotatable bonds is 1. The lowest BCUT2D eigenvalue weighted by atomic mass is 10.1. The molecule has 2 unspecified atom stereocenters. The van der Waals surface area contributed by atoms with Crippen molar-refractivity contribution in [3.8, 4) is 0 Å². The standard InChI is InChI=1S/C12H19N3OS/c1-8-7-10-11(9(2)16-8)17-12(14-10)15-5-3-13-4-6-15/h8-9,13H,3-7H2,1-2H3. The number of fused-ring (bicyclic) bond motifs is 1. The molecule has 0 amide bonds. The van der Waals surface area contributed by atoms with E-state index >= 15 is 0 Å². The van der Waals surface area contributed by atoms with Crippen molar-refractivity contribution in [1.82, 2.24) is 10.3 Å². The number of hydrogen-bond donors (Lipinski definition) is 1. The molecule has 0 aromatic carbocycles. The fraction of sp³-hybridized carbons (Fsp3) is 0.750. The van der Waals surface area contributed by atoms with Crippen LogP contribution in [0.2, 0.25) is 0 Å². The number of nitrogens with one attached hydrogen (secondary N) is 1. The fourth-order valence-electron chi connectivity index (χ4n) is 2.54. The van der Waals surface area contributed by atoms with Crippen molar-refractivity contribution in [2.75, 3.05) is 31.1 Å². The van der Waals surface area contributed by atoms with Crippen LogP contribution < -0.4 is 10.2 Å². The van der Waals surface area contributed by atoms with E-state index in [0.29, 0.717) is 6.10 Å². The van der Waals surface area contributed by atoms with Crippen LogP contribution in [0.25, 0.3) is 0 Å². The smallest absolute Gasteiger partial charge is 0.185 e. The fourth-order valence-corrected chi connectivity index (χ4v) is 3.67. The Hall–Kier alpha value is -0.650. The van der Waals surface area contributed by atoms with Gasteiger partial charge in [-0.05, 0) is 13.8 Å². The van der Waals surface area contributed by atoms with Crippen molar-refractivity contribution in [1.29, 1.82) is 0 Å². The summed E-state index contributed by atoms with van der Waals surface area (Å²) >= 11 is 1.81. The van der Waals surface area contributed by atoms with Gasteiger partial charge in [-0.2, -0.15) is 0 Å². The van der Waals surface area contributed by atoms with Crippen LogP contribution in [0.3, 0.4) is 0 Å². The van der Waals surface area contributed by atoms with Gasteiger partial charge in [0.1, 0.15) is 0 Å². The van der Waals surface area contributed by atoms with Gasteiger partial charge in [0.2, 0.25) is 0 Å². The molecule has 2 aliphatic heterocycles. The van der Waals surface area contributed by atoms with Crippen LogP contribution in [-0.4, -0.2) is 37.3 Å². The van der Waals surface area contributed by atoms with Gasteiger partial charge in [0, 0.05) is 32.6 Å². The molecule has 1 saturated heterocycles. The van der Waals surface area contributed by atoms with E-state index < -0.39 is 0 Å². The molecule has 0 bridgehead atoms. The van der Waals surface area contributed by atoms with Crippen molar-refractivity contribution in [3.05, 3.63) is 10.6 Å². The number of piperazine rings is 1. The second-order valence-electron chi connectivity index (χ2n) is 4.84. The second kappa shape index (κ2) is 4.55. The lowest BCUT2D eigenvalue weighted by molar-refractivity contribution is -0.00316.